The molecule has 0 fully saturated rings. The Morgan fingerprint density at radius 3 is 2.71 bits per heavy atom. The van der Waals surface area contributed by atoms with Gasteiger partial charge in [-0.15, -0.1) is 0 Å². The maximum absolute atomic E-state index is 11.7. The lowest BCUT2D eigenvalue weighted by Crippen LogP contribution is -2.36. The SMILES string of the molecule is O=C(OC[C@]1(O)CC=CCC1)c1ccccc1. The van der Waals surface area contributed by atoms with E-state index in [1.165, 1.54) is 0 Å². The van der Waals surface area contributed by atoms with Gasteiger partial charge in [-0.3, -0.25) is 0 Å². The first-order chi connectivity index (χ1) is 8.20. The monoisotopic (exact) mass is 232 g/mol. The molecule has 0 bridgehead atoms. The molecule has 1 aliphatic rings. The quantitative estimate of drug-likeness (QED) is 0.642. The molecular formula is C14H16O3. The van der Waals surface area contributed by atoms with Gasteiger partial charge in [-0.05, 0) is 31.4 Å². The van der Waals surface area contributed by atoms with Gasteiger partial charge >= 0.3 is 5.97 Å². The van der Waals surface area contributed by atoms with Crippen LogP contribution in [-0.2, 0) is 4.74 Å². The average molecular weight is 232 g/mol. The summed E-state index contributed by atoms with van der Waals surface area (Å²) >= 11 is 0. The van der Waals surface area contributed by atoms with E-state index in [2.05, 4.69) is 0 Å². The van der Waals surface area contributed by atoms with Crippen molar-refractivity contribution < 1.29 is 14.6 Å². The van der Waals surface area contributed by atoms with Crippen molar-refractivity contribution in [3.8, 4) is 0 Å². The zero-order chi connectivity index (χ0) is 12.1. The summed E-state index contributed by atoms with van der Waals surface area (Å²) in [5.41, 5.74) is -0.374. The van der Waals surface area contributed by atoms with Crippen LogP contribution < -0.4 is 0 Å². The summed E-state index contributed by atoms with van der Waals surface area (Å²) in [7, 11) is 0. The van der Waals surface area contributed by atoms with Crippen LogP contribution in [0.5, 0.6) is 0 Å². The second-order valence-corrected chi connectivity index (χ2v) is 4.38. The van der Waals surface area contributed by atoms with Crippen LogP contribution in [0.3, 0.4) is 0 Å². The van der Waals surface area contributed by atoms with Crippen LogP contribution in [0.1, 0.15) is 29.6 Å². The number of rotatable bonds is 3. The van der Waals surface area contributed by atoms with Gasteiger partial charge in [0, 0.05) is 0 Å². The fourth-order valence-electron chi connectivity index (χ4n) is 1.86. The second kappa shape index (κ2) is 5.15. The molecule has 2 rings (SSSR count). The van der Waals surface area contributed by atoms with Gasteiger partial charge in [0.05, 0.1) is 5.56 Å². The Balaban J connectivity index is 1.90. The van der Waals surface area contributed by atoms with Gasteiger partial charge in [-0.1, -0.05) is 30.4 Å². The molecule has 0 radical (unpaired) electrons. The Morgan fingerprint density at radius 1 is 1.29 bits per heavy atom. The van der Waals surface area contributed by atoms with E-state index in [0.717, 1.165) is 6.42 Å². The van der Waals surface area contributed by atoms with Crippen molar-refractivity contribution >= 4 is 5.97 Å². The van der Waals surface area contributed by atoms with E-state index in [9.17, 15) is 9.90 Å². The third-order valence-electron chi connectivity index (χ3n) is 2.92. The Kier molecular flexibility index (Phi) is 3.59. The summed E-state index contributed by atoms with van der Waals surface area (Å²) in [6, 6.07) is 8.82. The van der Waals surface area contributed by atoms with E-state index in [1.54, 1.807) is 24.3 Å². The Morgan fingerprint density at radius 2 is 2.06 bits per heavy atom. The minimum Gasteiger partial charge on any atom is -0.459 e. The maximum Gasteiger partial charge on any atom is 0.338 e. The van der Waals surface area contributed by atoms with Gasteiger partial charge in [-0.25, -0.2) is 4.79 Å². The van der Waals surface area contributed by atoms with E-state index in [1.807, 2.05) is 18.2 Å². The van der Waals surface area contributed by atoms with E-state index >= 15 is 0 Å². The molecule has 90 valence electrons. The fraction of sp³-hybridized carbons (Fsp3) is 0.357. The summed E-state index contributed by atoms with van der Waals surface area (Å²) < 4.78 is 5.15. The first-order valence-electron chi connectivity index (χ1n) is 5.79. The highest BCUT2D eigenvalue weighted by molar-refractivity contribution is 5.89. The molecule has 3 heteroatoms. The van der Waals surface area contributed by atoms with Gasteiger partial charge in [-0.2, -0.15) is 0 Å². The summed E-state index contributed by atoms with van der Waals surface area (Å²) in [5.74, 6) is -0.381. The topological polar surface area (TPSA) is 46.5 Å². The second-order valence-electron chi connectivity index (χ2n) is 4.38. The summed E-state index contributed by atoms with van der Waals surface area (Å²) in [6.07, 6.45) is 5.99. The molecule has 1 aromatic carbocycles. The van der Waals surface area contributed by atoms with Gasteiger partial charge in [0.25, 0.3) is 0 Å². The molecule has 1 atom stereocenters. The van der Waals surface area contributed by atoms with Crippen LogP contribution in [-0.4, -0.2) is 23.3 Å². The number of benzene rings is 1. The van der Waals surface area contributed by atoms with Gasteiger partial charge < -0.3 is 9.84 Å². The van der Waals surface area contributed by atoms with Crippen LogP contribution in [0.4, 0.5) is 0 Å². The molecule has 0 unspecified atom stereocenters. The fourth-order valence-corrected chi connectivity index (χ4v) is 1.86. The Bertz CT molecular complexity index is 411. The van der Waals surface area contributed by atoms with E-state index in [4.69, 9.17) is 4.74 Å². The Labute approximate surface area is 101 Å². The number of carbonyl (C=O) groups is 1. The van der Waals surface area contributed by atoms with Gasteiger partial charge in [0.15, 0.2) is 0 Å². The number of hydrogen-bond acceptors (Lipinski definition) is 3. The van der Waals surface area contributed by atoms with E-state index in [0.29, 0.717) is 18.4 Å². The minimum absolute atomic E-state index is 0.0606. The smallest absolute Gasteiger partial charge is 0.338 e. The molecule has 0 spiro atoms. The number of hydrogen-bond donors (Lipinski definition) is 1. The summed E-state index contributed by atoms with van der Waals surface area (Å²) in [4.78, 5) is 11.7. The molecule has 0 saturated carbocycles. The minimum atomic E-state index is -0.890. The standard InChI is InChI=1S/C14H16O3/c15-13(12-7-3-1-4-8-12)17-11-14(16)9-5-2-6-10-14/h1-5,7-8,16H,6,9-11H2/t14-/m0/s1. The number of ether oxygens (including phenoxy) is 1. The highest BCUT2D eigenvalue weighted by Gasteiger charge is 2.28. The molecule has 1 aliphatic carbocycles. The predicted molar refractivity (Wildman–Crippen MR) is 64.7 cm³/mol. The van der Waals surface area contributed by atoms with Crippen molar-refractivity contribution in [2.75, 3.05) is 6.61 Å². The number of allylic oxidation sites excluding steroid dienone is 1. The van der Waals surface area contributed by atoms with Crippen molar-refractivity contribution in [3.63, 3.8) is 0 Å². The lowest BCUT2D eigenvalue weighted by molar-refractivity contribution is -0.0370. The Hall–Kier alpha value is -1.61. The third-order valence-corrected chi connectivity index (χ3v) is 2.92. The zero-order valence-corrected chi connectivity index (χ0v) is 9.63. The third kappa shape index (κ3) is 3.17. The summed E-state index contributed by atoms with van der Waals surface area (Å²) in [6.45, 7) is 0.0606. The molecule has 1 aromatic rings. The molecule has 0 saturated heterocycles. The highest BCUT2D eigenvalue weighted by atomic mass is 16.5. The average Bonchev–Trinajstić information content (AvgIpc) is 2.38. The molecule has 17 heavy (non-hydrogen) atoms. The van der Waals surface area contributed by atoms with Crippen molar-refractivity contribution in [1.82, 2.24) is 0 Å². The highest BCUT2D eigenvalue weighted by Crippen LogP contribution is 2.23. The van der Waals surface area contributed by atoms with E-state index < -0.39 is 5.60 Å². The molecule has 0 heterocycles. The molecule has 0 amide bonds. The number of esters is 1. The molecule has 3 nitrogen and oxygen atoms in total. The number of aliphatic hydroxyl groups is 1. The first-order valence-corrected chi connectivity index (χ1v) is 5.79. The zero-order valence-electron chi connectivity index (χ0n) is 9.63. The van der Waals surface area contributed by atoms with Gasteiger partial charge in [0.1, 0.15) is 12.2 Å². The van der Waals surface area contributed by atoms with Gasteiger partial charge in [0.2, 0.25) is 0 Å². The van der Waals surface area contributed by atoms with Crippen LogP contribution in [0.15, 0.2) is 42.5 Å². The van der Waals surface area contributed by atoms with Crippen LogP contribution >= 0.6 is 0 Å². The lowest BCUT2D eigenvalue weighted by atomic mass is 9.90. The number of carbonyl (C=O) groups excluding carboxylic acids is 1. The maximum atomic E-state index is 11.7. The van der Waals surface area contributed by atoms with Crippen molar-refractivity contribution in [1.29, 1.82) is 0 Å². The lowest BCUT2D eigenvalue weighted by Gasteiger charge is -2.28. The largest absolute Gasteiger partial charge is 0.459 e. The normalized spacial score (nSPS) is 23.4. The van der Waals surface area contributed by atoms with Crippen molar-refractivity contribution in [2.45, 2.75) is 24.9 Å². The predicted octanol–water partition coefficient (Wildman–Crippen LogP) is 2.31. The molecule has 0 aliphatic heterocycles. The molecular weight excluding hydrogens is 216 g/mol. The van der Waals surface area contributed by atoms with Crippen molar-refractivity contribution in [3.05, 3.63) is 48.0 Å². The van der Waals surface area contributed by atoms with Crippen LogP contribution in [0.25, 0.3) is 0 Å². The first kappa shape index (κ1) is 11.9. The van der Waals surface area contributed by atoms with Crippen LogP contribution in [0.2, 0.25) is 0 Å². The molecule has 1 N–H and O–H groups in total. The van der Waals surface area contributed by atoms with E-state index in [-0.39, 0.29) is 12.6 Å². The van der Waals surface area contributed by atoms with Crippen LogP contribution in [0, 0.1) is 0 Å². The summed E-state index contributed by atoms with van der Waals surface area (Å²) in [5, 5.41) is 10.1. The van der Waals surface area contributed by atoms with Crippen molar-refractivity contribution in [2.24, 2.45) is 0 Å². The molecule has 0 aromatic heterocycles.